The fourth-order valence-corrected chi connectivity index (χ4v) is 3.03. The number of carbonyl (C=O) groups is 1. The molecule has 6 heteroatoms. The van der Waals surface area contributed by atoms with Gasteiger partial charge in [0.25, 0.3) is 0 Å². The number of carbonyl (C=O) groups excluding carboxylic acids is 1. The Labute approximate surface area is 132 Å². The third-order valence-electron chi connectivity index (χ3n) is 3.51. The molecule has 22 heavy (non-hydrogen) atoms. The standard InChI is InChI=1S/C16H16N4OS/c1-12(20-9-8-18-11-20)16(21)19-15(14-3-2-10-22-14)13-4-6-17-7-5-13/h2-12,15H,1H3,(H,19,21)/t12-,15-/m0/s1. The molecular weight excluding hydrogens is 296 g/mol. The molecule has 1 N–H and O–H groups in total. The van der Waals surface area contributed by atoms with Crippen molar-refractivity contribution < 1.29 is 4.79 Å². The van der Waals surface area contributed by atoms with Crippen LogP contribution in [0.15, 0.2) is 60.8 Å². The Morgan fingerprint density at radius 3 is 2.68 bits per heavy atom. The molecule has 5 nitrogen and oxygen atoms in total. The molecule has 0 aliphatic carbocycles. The Bertz CT molecular complexity index is 710. The summed E-state index contributed by atoms with van der Waals surface area (Å²) >= 11 is 1.62. The first kappa shape index (κ1) is 14.5. The monoisotopic (exact) mass is 312 g/mol. The molecule has 0 aliphatic rings. The normalized spacial score (nSPS) is 13.5. The second kappa shape index (κ2) is 6.53. The highest BCUT2D eigenvalue weighted by molar-refractivity contribution is 7.10. The summed E-state index contributed by atoms with van der Waals surface area (Å²) in [5.41, 5.74) is 1.02. The molecule has 0 fully saturated rings. The van der Waals surface area contributed by atoms with Crippen molar-refractivity contribution in [3.63, 3.8) is 0 Å². The van der Waals surface area contributed by atoms with Crippen LogP contribution in [-0.2, 0) is 4.79 Å². The van der Waals surface area contributed by atoms with E-state index in [1.54, 1.807) is 47.0 Å². The van der Waals surface area contributed by atoms with Crippen molar-refractivity contribution in [3.05, 3.63) is 71.2 Å². The van der Waals surface area contributed by atoms with Gasteiger partial charge in [0.15, 0.2) is 0 Å². The van der Waals surface area contributed by atoms with E-state index < -0.39 is 0 Å². The molecule has 3 heterocycles. The summed E-state index contributed by atoms with van der Waals surface area (Å²) in [4.78, 5) is 21.7. The fourth-order valence-electron chi connectivity index (χ4n) is 2.23. The molecule has 0 spiro atoms. The molecule has 0 aromatic carbocycles. The van der Waals surface area contributed by atoms with Crippen LogP contribution in [0.4, 0.5) is 0 Å². The number of amides is 1. The van der Waals surface area contributed by atoms with Gasteiger partial charge in [-0.2, -0.15) is 0 Å². The van der Waals surface area contributed by atoms with Crippen LogP contribution in [0.3, 0.4) is 0 Å². The number of hydrogen-bond donors (Lipinski definition) is 1. The molecule has 0 aliphatic heterocycles. The summed E-state index contributed by atoms with van der Waals surface area (Å²) < 4.78 is 1.79. The van der Waals surface area contributed by atoms with Gasteiger partial charge in [-0.1, -0.05) is 6.07 Å². The zero-order valence-corrected chi connectivity index (χ0v) is 12.9. The number of pyridine rings is 1. The van der Waals surface area contributed by atoms with Gasteiger partial charge in [0, 0.05) is 29.7 Å². The van der Waals surface area contributed by atoms with Crippen LogP contribution < -0.4 is 5.32 Å². The van der Waals surface area contributed by atoms with E-state index in [4.69, 9.17) is 0 Å². The zero-order chi connectivity index (χ0) is 15.4. The zero-order valence-electron chi connectivity index (χ0n) is 12.1. The maximum Gasteiger partial charge on any atom is 0.243 e. The van der Waals surface area contributed by atoms with Gasteiger partial charge in [-0.15, -0.1) is 11.3 Å². The number of nitrogens with zero attached hydrogens (tertiary/aromatic N) is 3. The first-order valence-electron chi connectivity index (χ1n) is 6.97. The Balaban J connectivity index is 1.83. The largest absolute Gasteiger partial charge is 0.343 e. The lowest BCUT2D eigenvalue weighted by atomic mass is 10.1. The summed E-state index contributed by atoms with van der Waals surface area (Å²) in [7, 11) is 0. The predicted octanol–water partition coefficient (Wildman–Crippen LogP) is 2.81. The van der Waals surface area contributed by atoms with Crippen molar-refractivity contribution in [3.8, 4) is 0 Å². The van der Waals surface area contributed by atoms with E-state index in [-0.39, 0.29) is 18.0 Å². The highest BCUT2D eigenvalue weighted by Gasteiger charge is 2.21. The van der Waals surface area contributed by atoms with Gasteiger partial charge in [0.05, 0.1) is 12.4 Å². The molecule has 0 saturated carbocycles. The SMILES string of the molecule is C[C@@H](C(=O)N[C@@H](c1ccncc1)c1cccs1)n1ccnc1. The van der Waals surface area contributed by atoms with Gasteiger partial charge in [-0.3, -0.25) is 9.78 Å². The van der Waals surface area contributed by atoms with E-state index in [2.05, 4.69) is 15.3 Å². The van der Waals surface area contributed by atoms with E-state index in [1.807, 2.05) is 36.6 Å². The van der Waals surface area contributed by atoms with E-state index in [9.17, 15) is 4.79 Å². The summed E-state index contributed by atoms with van der Waals surface area (Å²) in [5.74, 6) is -0.0480. The maximum absolute atomic E-state index is 12.5. The lowest BCUT2D eigenvalue weighted by Gasteiger charge is -2.21. The molecule has 1 amide bonds. The van der Waals surface area contributed by atoms with Gasteiger partial charge in [0.2, 0.25) is 5.91 Å². The smallest absolute Gasteiger partial charge is 0.243 e. The van der Waals surface area contributed by atoms with Crippen molar-refractivity contribution in [2.75, 3.05) is 0 Å². The molecule has 3 aromatic heterocycles. The molecule has 2 atom stereocenters. The van der Waals surface area contributed by atoms with Crippen molar-refractivity contribution >= 4 is 17.2 Å². The second-order valence-corrected chi connectivity index (χ2v) is 5.90. The van der Waals surface area contributed by atoms with Crippen molar-refractivity contribution in [2.24, 2.45) is 0 Å². The lowest BCUT2D eigenvalue weighted by molar-refractivity contribution is -0.124. The number of nitrogens with one attached hydrogen (secondary N) is 1. The number of thiophene rings is 1. The van der Waals surface area contributed by atoms with E-state index in [1.165, 1.54) is 0 Å². The Morgan fingerprint density at radius 2 is 2.05 bits per heavy atom. The molecule has 112 valence electrons. The average molecular weight is 312 g/mol. The molecule has 0 radical (unpaired) electrons. The highest BCUT2D eigenvalue weighted by atomic mass is 32.1. The summed E-state index contributed by atoms with van der Waals surface area (Å²) in [6.07, 6.45) is 8.58. The minimum Gasteiger partial charge on any atom is -0.343 e. The van der Waals surface area contributed by atoms with Gasteiger partial charge in [-0.25, -0.2) is 4.98 Å². The highest BCUT2D eigenvalue weighted by Crippen LogP contribution is 2.26. The van der Waals surface area contributed by atoms with Crippen LogP contribution in [0, 0.1) is 0 Å². The summed E-state index contributed by atoms with van der Waals surface area (Å²) in [5, 5.41) is 5.13. The van der Waals surface area contributed by atoms with Crippen LogP contribution in [0.1, 0.15) is 29.4 Å². The summed E-state index contributed by atoms with van der Waals surface area (Å²) in [6.45, 7) is 1.86. The topological polar surface area (TPSA) is 59.8 Å². The van der Waals surface area contributed by atoms with Gasteiger partial charge in [-0.05, 0) is 36.1 Å². The maximum atomic E-state index is 12.5. The van der Waals surface area contributed by atoms with Gasteiger partial charge < -0.3 is 9.88 Å². The Hall–Kier alpha value is -2.47. The third-order valence-corrected chi connectivity index (χ3v) is 4.44. The van der Waals surface area contributed by atoms with Crippen LogP contribution in [0.25, 0.3) is 0 Å². The van der Waals surface area contributed by atoms with Crippen LogP contribution in [0.2, 0.25) is 0 Å². The number of hydrogen-bond acceptors (Lipinski definition) is 4. The van der Waals surface area contributed by atoms with E-state index in [0.29, 0.717) is 0 Å². The van der Waals surface area contributed by atoms with Gasteiger partial charge in [0.1, 0.15) is 6.04 Å². The van der Waals surface area contributed by atoms with Crippen LogP contribution in [-0.4, -0.2) is 20.4 Å². The van der Waals surface area contributed by atoms with E-state index in [0.717, 1.165) is 10.4 Å². The van der Waals surface area contributed by atoms with Crippen molar-refractivity contribution in [2.45, 2.75) is 19.0 Å². The fraction of sp³-hybridized carbons (Fsp3) is 0.188. The second-order valence-electron chi connectivity index (χ2n) is 4.92. The Kier molecular flexibility index (Phi) is 4.29. The van der Waals surface area contributed by atoms with Gasteiger partial charge >= 0.3 is 0 Å². The minimum absolute atomic E-state index is 0.0480. The lowest BCUT2D eigenvalue weighted by Crippen LogP contribution is -2.34. The molecular formula is C16H16N4OS. The van der Waals surface area contributed by atoms with Crippen LogP contribution in [0.5, 0.6) is 0 Å². The quantitative estimate of drug-likeness (QED) is 0.788. The van der Waals surface area contributed by atoms with Crippen molar-refractivity contribution in [1.29, 1.82) is 0 Å². The first-order chi connectivity index (χ1) is 10.8. The molecule has 0 saturated heterocycles. The minimum atomic E-state index is -0.313. The number of rotatable bonds is 5. The van der Waals surface area contributed by atoms with Crippen molar-refractivity contribution in [1.82, 2.24) is 19.9 Å². The van der Waals surface area contributed by atoms with Crippen LogP contribution >= 0.6 is 11.3 Å². The third kappa shape index (κ3) is 3.07. The molecule has 0 bridgehead atoms. The predicted molar refractivity (Wildman–Crippen MR) is 85.5 cm³/mol. The average Bonchev–Trinajstić information content (AvgIpc) is 3.25. The Morgan fingerprint density at radius 1 is 1.23 bits per heavy atom. The molecule has 3 rings (SSSR count). The number of imidazole rings is 1. The molecule has 3 aromatic rings. The first-order valence-corrected chi connectivity index (χ1v) is 7.85. The number of aromatic nitrogens is 3. The molecule has 0 unspecified atom stereocenters. The summed E-state index contributed by atoms with van der Waals surface area (Å²) in [6, 6.07) is 7.38. The van der Waals surface area contributed by atoms with E-state index >= 15 is 0 Å².